The molecule has 7 rings (SSSR count). The molecule has 1 amide bonds. The van der Waals surface area contributed by atoms with Crippen LogP contribution < -0.4 is 10.6 Å². The number of aromatic amines is 1. The molecule has 1 aliphatic heterocycles. The molecule has 3 aliphatic carbocycles. The van der Waals surface area contributed by atoms with Crippen molar-refractivity contribution in [3.63, 3.8) is 0 Å². The monoisotopic (exact) mass is 561 g/mol. The number of anilines is 2. The molecular formula is C22H21F6N7O4. The van der Waals surface area contributed by atoms with Crippen molar-refractivity contribution < 1.29 is 45.3 Å². The van der Waals surface area contributed by atoms with Crippen LogP contribution in [0.1, 0.15) is 48.9 Å². The van der Waals surface area contributed by atoms with Gasteiger partial charge in [0.2, 0.25) is 5.95 Å². The maximum absolute atomic E-state index is 15.1. The lowest BCUT2D eigenvalue weighted by molar-refractivity contribution is -0.330. The summed E-state index contributed by atoms with van der Waals surface area (Å²) in [5.74, 6) is 0.431. The number of nitrogens with one attached hydrogen (secondary N) is 3. The van der Waals surface area contributed by atoms with Gasteiger partial charge in [-0.05, 0) is 25.2 Å². The molecule has 17 heteroatoms. The Balaban J connectivity index is 1.15. The van der Waals surface area contributed by atoms with E-state index < -0.39 is 49.6 Å². The molecular weight excluding hydrogens is 540 g/mol. The number of aromatic nitrogens is 5. The van der Waals surface area contributed by atoms with Gasteiger partial charge < -0.3 is 20.1 Å². The number of imidazole rings is 1. The Morgan fingerprint density at radius 1 is 1.26 bits per heavy atom. The van der Waals surface area contributed by atoms with Gasteiger partial charge in [-0.15, -0.1) is 13.2 Å². The standard InChI is InChI=1S/C22H21F6N7O4/c23-16-13(39-20(36)32-21-3-9(4-21)5-21)8-37-17(16)11-1-14(34-33-11)31-19-30-12(18(24)25)2-15-29-10(6-35(15)19)7-38-22(26,27)28/h1-2,6,9,13,16-18H,3-5,7-8H2,(H,32,36)(H2,30,31,33,34)/t9?,13-,16-,17-,21?/m1/s1. The van der Waals surface area contributed by atoms with Crippen molar-refractivity contribution in [3.8, 4) is 0 Å². The fourth-order valence-corrected chi connectivity index (χ4v) is 5.10. The molecule has 1 saturated heterocycles. The first-order valence-electron chi connectivity index (χ1n) is 11.9. The Hall–Kier alpha value is -3.60. The number of nitrogens with zero attached hydrogens (tertiary/aromatic N) is 4. The Kier molecular flexibility index (Phi) is 6.09. The molecule has 3 aromatic rings. The predicted molar refractivity (Wildman–Crippen MR) is 118 cm³/mol. The number of alkyl carbamates (subject to hydrolysis) is 1. The third-order valence-corrected chi connectivity index (χ3v) is 7.02. The number of amides is 1. The molecule has 11 nitrogen and oxygen atoms in total. The van der Waals surface area contributed by atoms with Gasteiger partial charge >= 0.3 is 12.5 Å². The van der Waals surface area contributed by atoms with Gasteiger partial charge in [0.1, 0.15) is 17.4 Å². The minimum atomic E-state index is -4.91. The van der Waals surface area contributed by atoms with E-state index in [1.165, 1.54) is 6.07 Å². The lowest BCUT2D eigenvalue weighted by Gasteiger charge is -2.61. The number of hydrogen-bond acceptors (Lipinski definition) is 8. The van der Waals surface area contributed by atoms with Gasteiger partial charge in [-0.3, -0.25) is 14.2 Å². The van der Waals surface area contributed by atoms with Gasteiger partial charge in [0.15, 0.2) is 18.1 Å². The van der Waals surface area contributed by atoms with Crippen molar-refractivity contribution in [1.29, 1.82) is 0 Å². The highest BCUT2D eigenvalue weighted by atomic mass is 19.4. The Morgan fingerprint density at radius 3 is 2.69 bits per heavy atom. The topological polar surface area (TPSA) is 128 Å². The highest BCUT2D eigenvalue weighted by molar-refractivity contribution is 5.69. The minimum absolute atomic E-state index is 0.0218. The first-order valence-corrected chi connectivity index (χ1v) is 11.9. The van der Waals surface area contributed by atoms with Crippen LogP contribution in [0, 0.1) is 5.92 Å². The summed E-state index contributed by atoms with van der Waals surface area (Å²) in [6, 6.07) is 2.27. The zero-order chi connectivity index (χ0) is 27.5. The van der Waals surface area contributed by atoms with Crippen LogP contribution in [0.2, 0.25) is 0 Å². The maximum atomic E-state index is 15.1. The molecule has 2 bridgehead atoms. The number of H-pyrrole nitrogens is 1. The molecule has 210 valence electrons. The van der Waals surface area contributed by atoms with E-state index in [1.807, 2.05) is 0 Å². The van der Waals surface area contributed by atoms with Crippen molar-refractivity contribution in [3.05, 3.63) is 35.4 Å². The summed E-state index contributed by atoms with van der Waals surface area (Å²) in [7, 11) is 0. The molecule has 3 N–H and O–H groups in total. The van der Waals surface area contributed by atoms with Gasteiger partial charge in [-0.1, -0.05) is 0 Å². The number of ether oxygens (including phenoxy) is 3. The molecule has 4 aliphatic rings. The zero-order valence-electron chi connectivity index (χ0n) is 19.8. The summed E-state index contributed by atoms with van der Waals surface area (Å²) >= 11 is 0. The van der Waals surface area contributed by atoms with Gasteiger partial charge in [-0.25, -0.2) is 27.9 Å². The quantitative estimate of drug-likeness (QED) is 0.349. The average Bonchev–Trinajstić information content (AvgIpc) is 3.53. The second kappa shape index (κ2) is 9.25. The van der Waals surface area contributed by atoms with Crippen molar-refractivity contribution in [2.24, 2.45) is 5.92 Å². The van der Waals surface area contributed by atoms with E-state index in [1.54, 1.807) is 0 Å². The Bertz CT molecular complexity index is 1380. The molecule has 0 spiro atoms. The fraction of sp³-hybridized carbons (Fsp3) is 0.545. The second-order valence-electron chi connectivity index (χ2n) is 9.86. The van der Waals surface area contributed by atoms with E-state index in [-0.39, 0.29) is 40.9 Å². The number of fused-ring (bicyclic) bond motifs is 1. The first kappa shape index (κ1) is 25.7. The molecule has 4 heterocycles. The van der Waals surface area contributed by atoms with Crippen LogP contribution in [-0.4, -0.2) is 61.4 Å². The molecule has 4 fully saturated rings. The summed E-state index contributed by atoms with van der Waals surface area (Å²) in [4.78, 5) is 19.9. The number of rotatable bonds is 8. The van der Waals surface area contributed by atoms with E-state index in [4.69, 9.17) is 9.47 Å². The number of hydrogen-bond donors (Lipinski definition) is 3. The van der Waals surface area contributed by atoms with Crippen LogP contribution in [0.25, 0.3) is 5.65 Å². The van der Waals surface area contributed by atoms with Crippen LogP contribution >= 0.6 is 0 Å². The molecule has 0 radical (unpaired) electrons. The highest BCUT2D eigenvalue weighted by Crippen LogP contribution is 2.57. The van der Waals surface area contributed by atoms with Crippen LogP contribution in [0.5, 0.6) is 0 Å². The van der Waals surface area contributed by atoms with Crippen molar-refractivity contribution in [2.45, 2.75) is 62.6 Å². The molecule has 0 aromatic carbocycles. The highest BCUT2D eigenvalue weighted by Gasteiger charge is 2.58. The summed E-state index contributed by atoms with van der Waals surface area (Å²) < 4.78 is 94.7. The number of halogens is 6. The third-order valence-electron chi connectivity index (χ3n) is 7.02. The van der Waals surface area contributed by atoms with E-state index in [0.717, 1.165) is 35.9 Å². The predicted octanol–water partition coefficient (Wildman–Crippen LogP) is 4.23. The normalized spacial score (nSPS) is 27.9. The lowest BCUT2D eigenvalue weighted by atomic mass is 9.50. The molecule has 0 unspecified atom stereocenters. The van der Waals surface area contributed by atoms with Crippen LogP contribution in [0.15, 0.2) is 18.3 Å². The van der Waals surface area contributed by atoms with E-state index >= 15 is 4.39 Å². The number of carbonyl (C=O) groups is 1. The molecule has 3 saturated carbocycles. The van der Waals surface area contributed by atoms with Crippen LogP contribution in [0.3, 0.4) is 0 Å². The largest absolute Gasteiger partial charge is 0.522 e. The summed E-state index contributed by atoms with van der Waals surface area (Å²) in [5.41, 5.74) is -1.04. The van der Waals surface area contributed by atoms with Crippen molar-refractivity contribution in [1.82, 2.24) is 29.9 Å². The maximum Gasteiger partial charge on any atom is 0.522 e. The summed E-state index contributed by atoms with van der Waals surface area (Å²) in [5, 5.41) is 12.0. The van der Waals surface area contributed by atoms with Crippen LogP contribution in [-0.2, 0) is 20.8 Å². The Labute approximate surface area is 215 Å². The van der Waals surface area contributed by atoms with Crippen LogP contribution in [0.4, 0.5) is 42.9 Å². The molecule has 39 heavy (non-hydrogen) atoms. The number of alkyl halides is 6. The SMILES string of the molecule is O=C(NC12CC(C1)C2)O[C@@H]1CO[C@H](c2cc(Nc3nc(C(F)F)cc4nc(COC(F)(F)F)cn34)n[nH]2)[C@@H]1F. The van der Waals surface area contributed by atoms with Gasteiger partial charge in [0.25, 0.3) is 6.43 Å². The summed E-state index contributed by atoms with van der Waals surface area (Å²) in [6.45, 7) is -1.13. The smallest absolute Gasteiger partial charge is 0.441 e. The van der Waals surface area contributed by atoms with Gasteiger partial charge in [-0.2, -0.15) is 5.10 Å². The molecule has 3 atom stereocenters. The van der Waals surface area contributed by atoms with Crippen molar-refractivity contribution >= 4 is 23.5 Å². The van der Waals surface area contributed by atoms with Crippen molar-refractivity contribution in [2.75, 3.05) is 11.9 Å². The Morgan fingerprint density at radius 2 is 2.03 bits per heavy atom. The van der Waals surface area contributed by atoms with E-state index in [2.05, 4.69) is 35.5 Å². The summed E-state index contributed by atoms with van der Waals surface area (Å²) in [6.07, 6.45) is -8.78. The zero-order valence-corrected chi connectivity index (χ0v) is 19.8. The second-order valence-corrected chi connectivity index (χ2v) is 9.86. The first-order chi connectivity index (χ1) is 18.5. The minimum Gasteiger partial charge on any atom is -0.441 e. The average molecular weight is 561 g/mol. The van der Waals surface area contributed by atoms with E-state index in [0.29, 0.717) is 5.92 Å². The van der Waals surface area contributed by atoms with Gasteiger partial charge in [0, 0.05) is 23.9 Å². The third kappa shape index (κ3) is 5.07. The number of carbonyl (C=O) groups excluding carboxylic acids is 1. The van der Waals surface area contributed by atoms with Gasteiger partial charge in [0.05, 0.1) is 24.6 Å². The fourth-order valence-electron chi connectivity index (χ4n) is 5.10. The molecule has 3 aromatic heterocycles. The lowest BCUT2D eigenvalue weighted by Crippen LogP contribution is -2.68. The van der Waals surface area contributed by atoms with E-state index in [9.17, 15) is 26.7 Å².